The average Bonchev–Trinajstić information content (AvgIpc) is 3.34. The molecule has 5 nitrogen and oxygen atoms in total. The predicted octanol–water partition coefficient (Wildman–Crippen LogP) is 9.16. The van der Waals surface area contributed by atoms with Crippen LogP contribution >= 0.6 is 0 Å². The lowest BCUT2D eigenvalue weighted by atomic mass is 9.96. The van der Waals surface area contributed by atoms with E-state index in [1.165, 1.54) is 21.9 Å². The summed E-state index contributed by atoms with van der Waals surface area (Å²) in [4.78, 5) is 22.6. The van der Waals surface area contributed by atoms with Gasteiger partial charge >= 0.3 is 5.69 Å². The van der Waals surface area contributed by atoms with Gasteiger partial charge in [0.05, 0.1) is 22.4 Å². The molecule has 6 aromatic carbocycles. The van der Waals surface area contributed by atoms with Gasteiger partial charge in [0.25, 0.3) is 0 Å². The fourth-order valence-corrected chi connectivity index (χ4v) is 6.30. The van der Waals surface area contributed by atoms with Crippen molar-refractivity contribution < 1.29 is 0 Å². The van der Waals surface area contributed by atoms with Gasteiger partial charge in [0.15, 0.2) is 5.82 Å². The third kappa shape index (κ3) is 4.79. The van der Waals surface area contributed by atoms with Crippen LogP contribution in [0.2, 0.25) is 0 Å². The highest BCUT2D eigenvalue weighted by atomic mass is 16.1. The SMILES string of the molecule is Cn1c(=O)n(C)c2cc(-c3cccc(-c4cc(-c5ccc(-c6cccc7ccccc67)cc5)nc(-c5ccccc5)n4)c3)ccc21. The minimum Gasteiger partial charge on any atom is -0.295 e. The van der Waals surface area contributed by atoms with Crippen LogP contribution in [0.1, 0.15) is 0 Å². The molecule has 8 aromatic rings. The van der Waals surface area contributed by atoms with Crippen molar-refractivity contribution >= 4 is 21.8 Å². The third-order valence-electron chi connectivity index (χ3n) is 8.80. The summed E-state index contributed by atoms with van der Waals surface area (Å²) in [6, 6.07) is 50.3. The number of benzene rings is 6. The van der Waals surface area contributed by atoms with Crippen LogP contribution in [0, 0.1) is 0 Å². The molecule has 0 saturated carbocycles. The second-order valence-electron chi connectivity index (χ2n) is 11.6. The minimum atomic E-state index is -0.0343. The highest BCUT2D eigenvalue weighted by Crippen LogP contribution is 2.33. The third-order valence-corrected chi connectivity index (χ3v) is 8.80. The number of rotatable bonds is 5. The van der Waals surface area contributed by atoms with Crippen molar-refractivity contribution in [2.75, 3.05) is 0 Å². The van der Waals surface area contributed by atoms with Crippen molar-refractivity contribution in [2.24, 2.45) is 14.1 Å². The maximum Gasteiger partial charge on any atom is 0.328 e. The van der Waals surface area contributed by atoms with Gasteiger partial charge < -0.3 is 0 Å². The summed E-state index contributed by atoms with van der Waals surface area (Å²) in [7, 11) is 3.62. The lowest BCUT2D eigenvalue weighted by Crippen LogP contribution is -2.19. The Hall–Kier alpha value is -6.07. The summed E-state index contributed by atoms with van der Waals surface area (Å²) in [6.07, 6.45) is 0. The summed E-state index contributed by atoms with van der Waals surface area (Å²) in [6.45, 7) is 0. The summed E-state index contributed by atoms with van der Waals surface area (Å²) in [5.41, 5.74) is 10.9. The molecule has 2 aromatic heterocycles. The first-order valence-electron chi connectivity index (χ1n) is 15.3. The van der Waals surface area contributed by atoms with Crippen molar-refractivity contribution in [3.05, 3.63) is 156 Å². The van der Waals surface area contributed by atoms with Gasteiger partial charge in [-0.05, 0) is 57.3 Å². The first kappa shape index (κ1) is 27.5. The van der Waals surface area contributed by atoms with Gasteiger partial charge in [0.2, 0.25) is 0 Å². The number of fused-ring (bicyclic) bond motifs is 2. The molecule has 0 bridgehead atoms. The highest BCUT2D eigenvalue weighted by Gasteiger charge is 2.14. The summed E-state index contributed by atoms with van der Waals surface area (Å²) in [5, 5.41) is 2.47. The highest BCUT2D eigenvalue weighted by molar-refractivity contribution is 5.97. The minimum absolute atomic E-state index is 0.0343. The first-order valence-corrected chi connectivity index (χ1v) is 15.3. The van der Waals surface area contributed by atoms with Crippen molar-refractivity contribution in [1.82, 2.24) is 19.1 Å². The number of hydrogen-bond acceptors (Lipinski definition) is 3. The molecule has 0 spiro atoms. The van der Waals surface area contributed by atoms with Crippen LogP contribution in [0.3, 0.4) is 0 Å². The zero-order chi connectivity index (χ0) is 31.2. The quantitative estimate of drug-likeness (QED) is 0.200. The fraction of sp³-hybridized carbons (Fsp3) is 0.0488. The fourth-order valence-electron chi connectivity index (χ4n) is 6.30. The van der Waals surface area contributed by atoms with E-state index in [1.54, 1.807) is 16.2 Å². The normalized spacial score (nSPS) is 11.3. The Kier molecular flexibility index (Phi) is 6.65. The molecule has 0 fully saturated rings. The van der Waals surface area contributed by atoms with Crippen molar-refractivity contribution in [3.8, 4) is 56.2 Å². The standard InChI is InChI=1S/C41H30N4O/c1-44-38-23-22-32(25-39(38)45(2)41(44)46)31-14-8-15-33(24-31)37-26-36(42-40(43-37)30-11-4-3-5-12-30)29-20-18-28(19-21-29)35-17-9-13-27-10-6-7-16-34(27)35/h3-26H,1-2H3. The van der Waals surface area contributed by atoms with Gasteiger partial charge in [0.1, 0.15) is 0 Å². The Balaban J connectivity index is 1.22. The molecule has 0 unspecified atom stereocenters. The van der Waals surface area contributed by atoms with Crippen LogP contribution in [0.5, 0.6) is 0 Å². The van der Waals surface area contributed by atoms with Crippen molar-refractivity contribution in [3.63, 3.8) is 0 Å². The van der Waals surface area contributed by atoms with E-state index in [0.717, 1.165) is 50.2 Å². The average molecular weight is 595 g/mol. The number of aryl methyl sites for hydroxylation is 2. The maximum absolute atomic E-state index is 12.5. The van der Waals surface area contributed by atoms with E-state index in [9.17, 15) is 4.79 Å². The Morgan fingerprint density at radius 2 is 1.04 bits per heavy atom. The topological polar surface area (TPSA) is 52.7 Å². The summed E-state index contributed by atoms with van der Waals surface area (Å²) in [5.74, 6) is 0.678. The number of imidazole rings is 1. The van der Waals surface area contributed by atoms with E-state index in [1.807, 2.05) is 43.4 Å². The van der Waals surface area contributed by atoms with Crippen molar-refractivity contribution in [2.45, 2.75) is 0 Å². The maximum atomic E-state index is 12.5. The molecule has 0 N–H and O–H groups in total. The van der Waals surface area contributed by atoms with Gasteiger partial charge in [-0.25, -0.2) is 14.8 Å². The second kappa shape index (κ2) is 11.1. The molecule has 46 heavy (non-hydrogen) atoms. The van der Waals surface area contributed by atoms with Gasteiger partial charge in [-0.1, -0.05) is 121 Å². The van der Waals surface area contributed by atoms with Gasteiger partial charge in [-0.15, -0.1) is 0 Å². The number of nitrogens with zero attached hydrogens (tertiary/aromatic N) is 4. The lowest BCUT2D eigenvalue weighted by Gasteiger charge is -2.12. The van der Waals surface area contributed by atoms with Crippen molar-refractivity contribution in [1.29, 1.82) is 0 Å². The van der Waals surface area contributed by atoms with Crippen LogP contribution in [0.4, 0.5) is 0 Å². The van der Waals surface area contributed by atoms with E-state index in [-0.39, 0.29) is 5.69 Å². The molecule has 0 atom stereocenters. The molecule has 0 amide bonds. The van der Waals surface area contributed by atoms with E-state index in [4.69, 9.17) is 9.97 Å². The molecule has 0 saturated heterocycles. The Bertz CT molecular complexity index is 2450. The zero-order valence-electron chi connectivity index (χ0n) is 25.6. The van der Waals surface area contributed by atoms with E-state index >= 15 is 0 Å². The predicted molar refractivity (Wildman–Crippen MR) is 188 cm³/mol. The van der Waals surface area contributed by atoms with Crippen LogP contribution in [0.15, 0.2) is 150 Å². The molecule has 2 heterocycles. The van der Waals surface area contributed by atoms with Gasteiger partial charge in [0, 0.05) is 30.8 Å². The molecule has 0 aliphatic rings. The molecule has 220 valence electrons. The van der Waals surface area contributed by atoms with E-state index in [2.05, 4.69) is 109 Å². The molecule has 0 radical (unpaired) electrons. The van der Waals surface area contributed by atoms with Gasteiger partial charge in [-0.2, -0.15) is 0 Å². The van der Waals surface area contributed by atoms with Crippen LogP contribution in [0.25, 0.3) is 78.0 Å². The molecule has 0 aliphatic carbocycles. The van der Waals surface area contributed by atoms with Gasteiger partial charge in [-0.3, -0.25) is 9.13 Å². The largest absolute Gasteiger partial charge is 0.328 e. The lowest BCUT2D eigenvalue weighted by molar-refractivity contribution is 0.795. The van der Waals surface area contributed by atoms with Crippen LogP contribution in [-0.2, 0) is 14.1 Å². The Labute approximate surface area is 266 Å². The Morgan fingerprint density at radius 3 is 1.87 bits per heavy atom. The van der Waals surface area contributed by atoms with E-state index in [0.29, 0.717) is 5.82 Å². The van der Waals surface area contributed by atoms with Crippen LogP contribution < -0.4 is 5.69 Å². The molecule has 5 heteroatoms. The molecular weight excluding hydrogens is 564 g/mol. The number of hydrogen-bond donors (Lipinski definition) is 0. The second-order valence-corrected chi connectivity index (χ2v) is 11.6. The monoisotopic (exact) mass is 594 g/mol. The number of aromatic nitrogens is 4. The summed E-state index contributed by atoms with van der Waals surface area (Å²) >= 11 is 0. The zero-order valence-corrected chi connectivity index (χ0v) is 25.6. The molecule has 0 aliphatic heterocycles. The first-order chi connectivity index (χ1) is 22.5. The smallest absolute Gasteiger partial charge is 0.295 e. The van der Waals surface area contributed by atoms with Crippen LogP contribution in [-0.4, -0.2) is 19.1 Å². The summed E-state index contributed by atoms with van der Waals surface area (Å²) < 4.78 is 3.37. The van der Waals surface area contributed by atoms with E-state index < -0.39 is 0 Å². The molecular formula is C41H30N4O. The Morgan fingerprint density at radius 1 is 0.457 bits per heavy atom. The molecule has 8 rings (SSSR count).